The van der Waals surface area contributed by atoms with Gasteiger partial charge >= 0.3 is 17.9 Å². The number of carbonyl (C=O) groups is 3. The summed E-state index contributed by atoms with van der Waals surface area (Å²) in [5.41, 5.74) is 3.61. The largest absolute Gasteiger partial charge is 0.469 e. The van der Waals surface area contributed by atoms with Crippen molar-refractivity contribution < 1.29 is 28.6 Å². The van der Waals surface area contributed by atoms with E-state index in [-0.39, 0.29) is 23.7 Å². The average Bonchev–Trinajstić information content (AvgIpc) is 2.85. The predicted octanol–water partition coefficient (Wildman–Crippen LogP) is 1.87. The van der Waals surface area contributed by atoms with Crippen molar-refractivity contribution in [3.05, 3.63) is 35.9 Å². The molecule has 0 saturated carbocycles. The fourth-order valence-corrected chi connectivity index (χ4v) is 2.25. The lowest BCUT2D eigenvalue weighted by Crippen LogP contribution is -2.22. The molecule has 9 heteroatoms. The Morgan fingerprint density at radius 2 is 1.85 bits per heavy atom. The maximum absolute atomic E-state index is 12.4. The van der Waals surface area contributed by atoms with Gasteiger partial charge in [-0.2, -0.15) is 5.10 Å². The van der Waals surface area contributed by atoms with Crippen LogP contribution in [0.25, 0.3) is 11.3 Å². The summed E-state index contributed by atoms with van der Waals surface area (Å²) in [4.78, 5) is 40.0. The van der Waals surface area contributed by atoms with Crippen LogP contribution in [0.1, 0.15) is 23.7 Å². The number of methoxy groups -OCH3 is 2. The molecule has 0 atom stereocenters. The molecule has 0 aromatic rings. The Kier molecular flexibility index (Phi) is 6.81. The second-order valence-corrected chi connectivity index (χ2v) is 5.18. The fourth-order valence-electron chi connectivity index (χ4n) is 2.25. The van der Waals surface area contributed by atoms with E-state index in [1.807, 2.05) is 0 Å². The molecule has 1 heterocycles. The van der Waals surface area contributed by atoms with Crippen molar-refractivity contribution in [2.45, 2.75) is 13.3 Å². The highest BCUT2D eigenvalue weighted by Gasteiger charge is 2.25. The van der Waals surface area contributed by atoms with Crippen molar-refractivity contribution in [2.75, 3.05) is 26.3 Å². The molecular weight excluding hydrogens is 354 g/mol. The zero-order valence-electron chi connectivity index (χ0n) is 15.1. The summed E-state index contributed by atoms with van der Waals surface area (Å²) < 4.78 is 14.2. The average molecular weight is 373 g/mol. The summed E-state index contributed by atoms with van der Waals surface area (Å²) in [5, 5.41) is 3.89. The van der Waals surface area contributed by atoms with Gasteiger partial charge in [-0.3, -0.25) is 10.2 Å². The molecule has 2 rings (SSSR count). The second kappa shape index (κ2) is 9.27. The van der Waals surface area contributed by atoms with Crippen LogP contribution in [0.2, 0.25) is 0 Å². The number of nitrogens with zero attached hydrogens (tertiary/aromatic N) is 2. The normalized spacial score (nSPS) is 11.0. The summed E-state index contributed by atoms with van der Waals surface area (Å²) in [6.07, 6.45) is -0.403. The third-order valence-electron chi connectivity index (χ3n) is 3.49. The van der Waals surface area contributed by atoms with E-state index in [0.717, 1.165) is 7.11 Å². The van der Waals surface area contributed by atoms with Gasteiger partial charge in [0.15, 0.2) is 11.5 Å². The van der Waals surface area contributed by atoms with Crippen LogP contribution in [0, 0.1) is 0 Å². The smallest absolute Gasteiger partial charge is 0.354 e. The molecule has 2 aliphatic rings. The van der Waals surface area contributed by atoms with E-state index in [9.17, 15) is 14.4 Å². The Morgan fingerprint density at radius 3 is 2.52 bits per heavy atom. The van der Waals surface area contributed by atoms with E-state index in [1.54, 1.807) is 37.3 Å². The number of esters is 3. The van der Waals surface area contributed by atoms with Crippen molar-refractivity contribution >= 4 is 29.4 Å². The van der Waals surface area contributed by atoms with Gasteiger partial charge in [-0.25, -0.2) is 14.6 Å². The van der Waals surface area contributed by atoms with Crippen LogP contribution < -0.4 is 5.43 Å². The minimum Gasteiger partial charge on any atom is -0.469 e. The molecule has 0 amide bonds. The Balaban J connectivity index is 2.45. The number of hydrogen-bond donors (Lipinski definition) is 1. The van der Waals surface area contributed by atoms with Crippen molar-refractivity contribution in [3.8, 4) is 11.3 Å². The van der Waals surface area contributed by atoms with Crippen LogP contribution in [0.15, 0.2) is 35.4 Å². The van der Waals surface area contributed by atoms with Crippen molar-refractivity contribution in [2.24, 2.45) is 5.10 Å². The van der Waals surface area contributed by atoms with Gasteiger partial charge in [-0.05, 0) is 13.0 Å². The summed E-state index contributed by atoms with van der Waals surface area (Å²) in [5.74, 6) is -1.97. The molecule has 0 spiro atoms. The van der Waals surface area contributed by atoms with E-state index in [2.05, 4.69) is 25.0 Å². The number of nitrogens with one attached hydrogen (secondary N) is 1. The van der Waals surface area contributed by atoms with Crippen LogP contribution in [0.4, 0.5) is 5.82 Å². The second-order valence-electron chi connectivity index (χ2n) is 5.18. The van der Waals surface area contributed by atoms with Gasteiger partial charge in [0.25, 0.3) is 0 Å². The monoisotopic (exact) mass is 373 g/mol. The quantitative estimate of drug-likeness (QED) is 0.338. The number of hydrazone groups is 1. The summed E-state index contributed by atoms with van der Waals surface area (Å²) in [7, 11) is 2.35. The first-order valence-electron chi connectivity index (χ1n) is 8.05. The lowest BCUT2D eigenvalue weighted by atomic mass is 10.1. The molecule has 0 aromatic heterocycles. The standard InChI is InChI=1S/C18H19N3O6/c1-4-27-18(24)15-11-8-6-5-7-9-12(11)19-16(15)21-20-13(17(23)26-3)10-14(22)25-2/h5-9H,4,10H2,1-3H3,(H,19,21)/b20-13-. The molecule has 1 N–H and O–H groups in total. The Hall–Kier alpha value is -3.49. The maximum Gasteiger partial charge on any atom is 0.354 e. The number of carbonyl (C=O) groups excluding carboxylic acids is 3. The molecule has 9 nitrogen and oxygen atoms in total. The van der Waals surface area contributed by atoms with Crippen molar-refractivity contribution in [1.82, 2.24) is 4.98 Å². The van der Waals surface area contributed by atoms with Gasteiger partial charge in [0, 0.05) is 5.56 Å². The molecule has 142 valence electrons. The van der Waals surface area contributed by atoms with Crippen LogP contribution in [-0.2, 0) is 23.8 Å². The number of ether oxygens (including phenoxy) is 3. The zero-order chi connectivity index (χ0) is 19.8. The first-order chi connectivity index (χ1) is 13.0. The van der Waals surface area contributed by atoms with Crippen LogP contribution >= 0.6 is 0 Å². The Morgan fingerprint density at radius 1 is 1.11 bits per heavy atom. The van der Waals surface area contributed by atoms with Gasteiger partial charge in [-0.15, -0.1) is 0 Å². The number of aromatic nitrogens is 1. The minimum atomic E-state index is -0.812. The number of anilines is 1. The highest BCUT2D eigenvalue weighted by molar-refractivity contribution is 6.39. The maximum atomic E-state index is 12.4. The number of fused-ring (bicyclic) bond motifs is 1. The highest BCUT2D eigenvalue weighted by Crippen LogP contribution is 2.31. The van der Waals surface area contributed by atoms with Crippen LogP contribution in [-0.4, -0.2) is 49.4 Å². The molecule has 27 heavy (non-hydrogen) atoms. The van der Waals surface area contributed by atoms with Gasteiger partial charge in [0.05, 0.1) is 32.9 Å². The molecule has 0 radical (unpaired) electrons. The molecule has 0 aromatic carbocycles. The van der Waals surface area contributed by atoms with Gasteiger partial charge in [0.2, 0.25) is 0 Å². The summed E-state index contributed by atoms with van der Waals surface area (Å²) in [6.45, 7) is 1.87. The third kappa shape index (κ3) is 4.78. The van der Waals surface area contributed by atoms with E-state index in [1.165, 1.54) is 7.11 Å². The van der Waals surface area contributed by atoms with Crippen molar-refractivity contribution in [1.29, 1.82) is 0 Å². The zero-order valence-corrected chi connectivity index (χ0v) is 15.1. The Labute approximate surface area is 155 Å². The fraction of sp³-hybridized carbons (Fsp3) is 0.278. The first-order valence-corrected chi connectivity index (χ1v) is 8.05. The minimum absolute atomic E-state index is 0.0981. The lowest BCUT2D eigenvalue weighted by Gasteiger charge is -2.06. The first kappa shape index (κ1) is 19.8. The van der Waals surface area contributed by atoms with E-state index in [0.29, 0.717) is 11.3 Å². The Bertz CT molecular complexity index is 849. The lowest BCUT2D eigenvalue weighted by molar-refractivity contribution is -0.140. The predicted molar refractivity (Wildman–Crippen MR) is 96.5 cm³/mol. The van der Waals surface area contributed by atoms with E-state index < -0.39 is 24.3 Å². The van der Waals surface area contributed by atoms with Gasteiger partial charge in [-0.1, -0.05) is 24.3 Å². The van der Waals surface area contributed by atoms with Crippen LogP contribution in [0.5, 0.6) is 0 Å². The van der Waals surface area contributed by atoms with Crippen LogP contribution in [0.3, 0.4) is 0 Å². The summed E-state index contributed by atoms with van der Waals surface area (Å²) in [6, 6.07) is 8.78. The van der Waals surface area contributed by atoms with E-state index >= 15 is 0 Å². The number of hydrogen-bond acceptors (Lipinski definition) is 9. The number of rotatable bonds is 7. The molecule has 0 bridgehead atoms. The SMILES string of the molecule is CCOC(=O)c1c2cccccc-2nc1N/N=C(/CC(=O)OC)C(=O)OC. The summed E-state index contributed by atoms with van der Waals surface area (Å²) >= 11 is 0. The van der Waals surface area contributed by atoms with E-state index in [4.69, 9.17) is 4.74 Å². The highest BCUT2D eigenvalue weighted by atomic mass is 16.5. The molecule has 0 saturated heterocycles. The third-order valence-corrected chi connectivity index (χ3v) is 3.49. The molecule has 1 aliphatic heterocycles. The van der Waals surface area contributed by atoms with Gasteiger partial charge < -0.3 is 14.2 Å². The molecular formula is C18H19N3O6. The van der Waals surface area contributed by atoms with Crippen molar-refractivity contribution in [3.63, 3.8) is 0 Å². The topological polar surface area (TPSA) is 116 Å². The molecule has 1 aliphatic carbocycles. The molecule has 0 unspecified atom stereocenters. The molecule has 0 fully saturated rings. The van der Waals surface area contributed by atoms with Gasteiger partial charge in [0.1, 0.15) is 5.56 Å².